The average Bonchev–Trinajstić information content (AvgIpc) is 3.67. The molecule has 8 nitrogen and oxygen atoms in total. The number of morpholine rings is 1. The van der Waals surface area contributed by atoms with Crippen LogP contribution in [-0.2, 0) is 11.3 Å². The van der Waals surface area contributed by atoms with Crippen LogP contribution in [0.1, 0.15) is 48.0 Å². The lowest BCUT2D eigenvalue weighted by Crippen LogP contribution is -2.51. The molecule has 0 aromatic carbocycles. The van der Waals surface area contributed by atoms with Crippen molar-refractivity contribution < 1.29 is 9.47 Å². The molecular formula is C29H36N6O2. The fourth-order valence-corrected chi connectivity index (χ4v) is 6.19. The molecule has 4 aliphatic heterocycles. The second-order valence-corrected chi connectivity index (χ2v) is 11.0. The Morgan fingerprint density at radius 1 is 1.08 bits per heavy atom. The first-order valence-corrected chi connectivity index (χ1v) is 13.7. The van der Waals surface area contributed by atoms with Gasteiger partial charge in [-0.2, -0.15) is 0 Å². The van der Waals surface area contributed by atoms with Gasteiger partial charge in [0.2, 0.25) is 0 Å². The van der Waals surface area contributed by atoms with E-state index in [1.807, 2.05) is 12.3 Å². The van der Waals surface area contributed by atoms with Gasteiger partial charge in [-0.25, -0.2) is 4.98 Å². The monoisotopic (exact) mass is 500 g/mol. The molecule has 0 bridgehead atoms. The van der Waals surface area contributed by atoms with Crippen molar-refractivity contribution in [3.8, 4) is 5.75 Å². The number of ether oxygens (including phenoxy) is 2. The van der Waals surface area contributed by atoms with E-state index in [1.165, 1.54) is 30.6 Å². The van der Waals surface area contributed by atoms with Gasteiger partial charge in [0.25, 0.3) is 0 Å². The van der Waals surface area contributed by atoms with Gasteiger partial charge >= 0.3 is 0 Å². The highest BCUT2D eigenvalue weighted by Crippen LogP contribution is 2.49. The molecule has 1 N–H and O–H groups in total. The van der Waals surface area contributed by atoms with Crippen LogP contribution in [0.2, 0.25) is 0 Å². The van der Waals surface area contributed by atoms with Crippen molar-refractivity contribution in [1.82, 2.24) is 19.8 Å². The molecule has 0 spiro atoms. The highest BCUT2D eigenvalue weighted by molar-refractivity contribution is 5.74. The summed E-state index contributed by atoms with van der Waals surface area (Å²) in [5, 5.41) is 3.67. The van der Waals surface area contributed by atoms with Gasteiger partial charge in [0, 0.05) is 80.4 Å². The number of nitrogens with zero attached hydrogens (tertiary/aromatic N) is 5. The fraction of sp³-hybridized carbons (Fsp3) is 0.517. The number of hydrogen-bond acceptors (Lipinski definition) is 8. The van der Waals surface area contributed by atoms with Crippen molar-refractivity contribution in [2.75, 3.05) is 62.7 Å². The molecule has 2 aromatic heterocycles. The maximum Gasteiger partial charge on any atom is 0.165 e. The third-order valence-electron chi connectivity index (χ3n) is 8.63. The Morgan fingerprint density at radius 3 is 2.70 bits per heavy atom. The third-order valence-corrected chi connectivity index (χ3v) is 8.63. The molecule has 4 fully saturated rings. The van der Waals surface area contributed by atoms with Gasteiger partial charge in [0.05, 0.1) is 30.2 Å². The van der Waals surface area contributed by atoms with Crippen molar-refractivity contribution in [2.45, 2.75) is 43.7 Å². The highest BCUT2D eigenvalue weighted by Gasteiger charge is 2.39. The maximum absolute atomic E-state index is 6.52. The van der Waals surface area contributed by atoms with Crippen LogP contribution < -0.4 is 15.0 Å². The summed E-state index contributed by atoms with van der Waals surface area (Å²) in [5.41, 5.74) is 6.68. The van der Waals surface area contributed by atoms with Crippen LogP contribution in [0, 0.1) is 0 Å². The van der Waals surface area contributed by atoms with Crippen molar-refractivity contribution in [3.05, 3.63) is 60.2 Å². The van der Waals surface area contributed by atoms with Gasteiger partial charge in [-0.05, 0) is 37.5 Å². The summed E-state index contributed by atoms with van der Waals surface area (Å²) in [6, 6.07) is 4.92. The lowest BCUT2D eigenvalue weighted by atomic mass is 9.92. The number of fused-ring (bicyclic) bond motifs is 2. The molecule has 2 aromatic rings. The molecule has 7 rings (SSSR count). The minimum absolute atomic E-state index is 0.455. The number of anilines is 3. The van der Waals surface area contributed by atoms with E-state index >= 15 is 0 Å². The van der Waals surface area contributed by atoms with Crippen molar-refractivity contribution in [2.24, 2.45) is 0 Å². The summed E-state index contributed by atoms with van der Waals surface area (Å²) < 4.78 is 12.1. The Labute approximate surface area is 219 Å². The van der Waals surface area contributed by atoms with E-state index in [0.29, 0.717) is 24.5 Å². The third kappa shape index (κ3) is 4.26. The number of allylic oxidation sites excluding steroid dienone is 1. The molecule has 3 saturated heterocycles. The summed E-state index contributed by atoms with van der Waals surface area (Å²) >= 11 is 0. The van der Waals surface area contributed by atoms with Crippen LogP contribution in [0.25, 0.3) is 0 Å². The zero-order valence-corrected chi connectivity index (χ0v) is 21.5. The van der Waals surface area contributed by atoms with E-state index in [4.69, 9.17) is 19.4 Å². The zero-order valence-electron chi connectivity index (χ0n) is 21.5. The van der Waals surface area contributed by atoms with Crippen molar-refractivity contribution >= 4 is 17.2 Å². The van der Waals surface area contributed by atoms with Crippen LogP contribution in [0.3, 0.4) is 0 Å². The standard InChI is InChI=1S/C29H36N6O2/c1-3-19(2)34-9-7-22(17-34)35-15-21(16-35)24-14-25-28(27(31-24)20-4-5-20)37-18-23-26(6-8-30-29(23)32-25)33-10-12-36-13-11-33/h3,6,8,14,20-22H,1-2,4-5,7,9-13,15-18H2,(H,30,32). The maximum atomic E-state index is 6.52. The first kappa shape index (κ1) is 23.0. The fourth-order valence-electron chi connectivity index (χ4n) is 6.19. The Morgan fingerprint density at radius 2 is 1.92 bits per heavy atom. The van der Waals surface area contributed by atoms with Gasteiger partial charge in [-0.3, -0.25) is 9.88 Å². The van der Waals surface area contributed by atoms with Crippen LogP contribution >= 0.6 is 0 Å². The molecule has 1 atom stereocenters. The summed E-state index contributed by atoms with van der Waals surface area (Å²) in [5.74, 6) is 2.78. The van der Waals surface area contributed by atoms with Crippen LogP contribution in [-0.4, -0.2) is 78.3 Å². The van der Waals surface area contributed by atoms with E-state index in [2.05, 4.69) is 45.3 Å². The second-order valence-electron chi connectivity index (χ2n) is 11.0. The Hall–Kier alpha value is -3.10. The van der Waals surface area contributed by atoms with Gasteiger partial charge < -0.3 is 24.6 Å². The Bertz CT molecular complexity index is 1220. The van der Waals surface area contributed by atoms with E-state index in [9.17, 15) is 0 Å². The molecule has 8 heteroatoms. The van der Waals surface area contributed by atoms with E-state index in [1.54, 1.807) is 0 Å². The van der Waals surface area contributed by atoms with Crippen molar-refractivity contribution in [3.63, 3.8) is 0 Å². The number of nitrogens with one attached hydrogen (secondary N) is 1. The van der Waals surface area contributed by atoms with Gasteiger partial charge in [0.1, 0.15) is 12.4 Å². The summed E-state index contributed by atoms with van der Waals surface area (Å²) in [4.78, 5) is 17.3. The molecule has 6 heterocycles. The molecule has 0 radical (unpaired) electrons. The van der Waals surface area contributed by atoms with Gasteiger partial charge in [-0.1, -0.05) is 13.2 Å². The summed E-state index contributed by atoms with van der Waals surface area (Å²) in [6.45, 7) is 16.0. The van der Waals surface area contributed by atoms with E-state index < -0.39 is 0 Å². The minimum atomic E-state index is 0.455. The minimum Gasteiger partial charge on any atom is -0.485 e. The quantitative estimate of drug-likeness (QED) is 0.597. The van der Waals surface area contributed by atoms with E-state index in [0.717, 1.165) is 86.7 Å². The molecule has 1 unspecified atom stereocenters. The molecule has 37 heavy (non-hydrogen) atoms. The zero-order chi connectivity index (χ0) is 24.9. The van der Waals surface area contributed by atoms with E-state index in [-0.39, 0.29) is 0 Å². The number of rotatable bonds is 6. The highest BCUT2D eigenvalue weighted by atomic mass is 16.5. The average molecular weight is 501 g/mol. The SMILES string of the molecule is C=CC(=C)N1CCC(N2CC(c3cc4c(c(C5CC5)n3)OCc3c(N5CCOCC5)ccnc3N4)C2)C1. The molecule has 1 saturated carbocycles. The Kier molecular flexibility index (Phi) is 5.81. The smallest absolute Gasteiger partial charge is 0.165 e. The van der Waals surface area contributed by atoms with Gasteiger partial charge in [-0.15, -0.1) is 0 Å². The normalized spacial score (nSPS) is 23.8. The first-order valence-electron chi connectivity index (χ1n) is 13.7. The second kappa shape index (κ2) is 9.33. The summed E-state index contributed by atoms with van der Waals surface area (Å²) in [7, 11) is 0. The topological polar surface area (TPSA) is 66.0 Å². The van der Waals surface area contributed by atoms with Crippen LogP contribution in [0.4, 0.5) is 17.2 Å². The lowest BCUT2D eigenvalue weighted by Gasteiger charge is -2.43. The predicted octanol–water partition coefficient (Wildman–Crippen LogP) is 4.00. The molecular weight excluding hydrogens is 464 g/mol. The van der Waals surface area contributed by atoms with Crippen LogP contribution in [0.5, 0.6) is 5.75 Å². The predicted molar refractivity (Wildman–Crippen MR) is 145 cm³/mol. The number of aromatic nitrogens is 2. The number of hydrogen-bond donors (Lipinski definition) is 1. The molecule has 5 aliphatic rings. The molecule has 0 amide bonds. The van der Waals surface area contributed by atoms with Crippen LogP contribution in [0.15, 0.2) is 43.3 Å². The largest absolute Gasteiger partial charge is 0.485 e. The van der Waals surface area contributed by atoms with Crippen molar-refractivity contribution in [1.29, 1.82) is 0 Å². The number of likely N-dealkylation sites (tertiary alicyclic amines) is 2. The van der Waals surface area contributed by atoms with Gasteiger partial charge in [0.15, 0.2) is 5.75 Å². The molecule has 1 aliphatic carbocycles. The molecule has 194 valence electrons. The first-order chi connectivity index (χ1) is 18.2. The summed E-state index contributed by atoms with van der Waals surface area (Å²) in [6.07, 6.45) is 7.35. The number of pyridine rings is 2. The lowest BCUT2D eigenvalue weighted by molar-refractivity contribution is 0.0944. The Balaban J connectivity index is 1.12.